The maximum absolute atomic E-state index is 10.1. The third-order valence-corrected chi connectivity index (χ3v) is 4.61. The summed E-state index contributed by atoms with van der Waals surface area (Å²) in [5.41, 5.74) is 0. The zero-order chi connectivity index (χ0) is 13.5. The van der Waals surface area contributed by atoms with Crippen LogP contribution in [0.4, 0.5) is 0 Å². The molecule has 19 heavy (non-hydrogen) atoms. The molecule has 0 aromatic carbocycles. The molecule has 0 amide bonds. The van der Waals surface area contributed by atoms with Crippen LogP contribution in [0.3, 0.4) is 0 Å². The zero-order valence-corrected chi connectivity index (χ0v) is 12.3. The summed E-state index contributed by atoms with van der Waals surface area (Å²) in [5, 5.41) is 13.6. The fourth-order valence-corrected chi connectivity index (χ4v) is 3.27. The molecule has 2 aliphatic rings. The van der Waals surface area contributed by atoms with E-state index in [1.54, 1.807) is 0 Å². The van der Waals surface area contributed by atoms with Crippen molar-refractivity contribution >= 4 is 0 Å². The first-order chi connectivity index (χ1) is 9.25. The van der Waals surface area contributed by atoms with Crippen molar-refractivity contribution < 1.29 is 9.84 Å². The van der Waals surface area contributed by atoms with Crippen molar-refractivity contribution in [3.05, 3.63) is 0 Å². The van der Waals surface area contributed by atoms with Gasteiger partial charge in [-0.2, -0.15) is 0 Å². The number of aliphatic hydroxyl groups excluding tert-OH is 1. The van der Waals surface area contributed by atoms with E-state index in [0.717, 1.165) is 45.3 Å². The molecule has 2 atom stereocenters. The molecule has 2 rings (SSSR count). The maximum Gasteiger partial charge on any atom is 0.0791 e. The first-order valence-electron chi connectivity index (χ1n) is 7.97. The molecule has 4 heteroatoms. The van der Waals surface area contributed by atoms with Crippen molar-refractivity contribution in [3.63, 3.8) is 0 Å². The Kier molecular flexibility index (Phi) is 6.57. The van der Waals surface area contributed by atoms with Gasteiger partial charge in [0.2, 0.25) is 0 Å². The number of hydrogen-bond acceptors (Lipinski definition) is 4. The van der Waals surface area contributed by atoms with Crippen LogP contribution >= 0.6 is 0 Å². The van der Waals surface area contributed by atoms with E-state index in [4.69, 9.17) is 4.74 Å². The van der Waals surface area contributed by atoms with E-state index in [9.17, 15) is 5.11 Å². The zero-order valence-electron chi connectivity index (χ0n) is 12.3. The molecule has 0 spiro atoms. The summed E-state index contributed by atoms with van der Waals surface area (Å²) in [6, 6.07) is 0.541. The molecule has 0 aromatic heterocycles. The molecule has 1 heterocycles. The van der Waals surface area contributed by atoms with Crippen molar-refractivity contribution in [2.24, 2.45) is 5.92 Å². The minimum absolute atomic E-state index is 0.260. The largest absolute Gasteiger partial charge is 0.390 e. The maximum atomic E-state index is 10.1. The predicted molar refractivity (Wildman–Crippen MR) is 77.3 cm³/mol. The van der Waals surface area contributed by atoms with Gasteiger partial charge in [0.25, 0.3) is 0 Å². The van der Waals surface area contributed by atoms with Crippen molar-refractivity contribution in [3.8, 4) is 0 Å². The van der Waals surface area contributed by atoms with Gasteiger partial charge in [-0.1, -0.05) is 19.3 Å². The first-order valence-corrected chi connectivity index (χ1v) is 7.97. The van der Waals surface area contributed by atoms with Crippen LogP contribution in [0.2, 0.25) is 0 Å². The van der Waals surface area contributed by atoms with Crippen LogP contribution in [0.5, 0.6) is 0 Å². The average molecular weight is 270 g/mol. The highest BCUT2D eigenvalue weighted by atomic mass is 16.5. The molecule has 2 unspecified atom stereocenters. The summed E-state index contributed by atoms with van der Waals surface area (Å²) < 4.78 is 5.32. The predicted octanol–water partition coefficient (Wildman–Crippen LogP) is 1.24. The Hall–Kier alpha value is -0.160. The molecule has 2 N–H and O–H groups in total. The molecule has 1 saturated heterocycles. The van der Waals surface area contributed by atoms with Crippen LogP contribution in [-0.4, -0.2) is 61.5 Å². The highest BCUT2D eigenvalue weighted by Crippen LogP contribution is 2.26. The number of morpholine rings is 1. The van der Waals surface area contributed by atoms with Gasteiger partial charge in [-0.15, -0.1) is 0 Å². The molecule has 0 bridgehead atoms. The Bertz CT molecular complexity index is 238. The topological polar surface area (TPSA) is 44.7 Å². The van der Waals surface area contributed by atoms with E-state index in [1.807, 2.05) is 0 Å². The standard InChI is InChI=1S/C15H30N2O2/c1-13(14-5-3-2-4-6-14)16-11-15(18)12-17-7-9-19-10-8-17/h13-16,18H,2-12H2,1H3. The number of nitrogens with zero attached hydrogens (tertiary/aromatic N) is 1. The Morgan fingerprint density at radius 2 is 1.89 bits per heavy atom. The smallest absolute Gasteiger partial charge is 0.0791 e. The van der Waals surface area contributed by atoms with Crippen molar-refractivity contribution in [2.45, 2.75) is 51.2 Å². The van der Waals surface area contributed by atoms with Crippen molar-refractivity contribution in [1.82, 2.24) is 10.2 Å². The van der Waals surface area contributed by atoms with E-state index >= 15 is 0 Å². The molecule has 0 radical (unpaired) electrons. The second-order valence-electron chi connectivity index (χ2n) is 6.16. The number of ether oxygens (including phenoxy) is 1. The highest BCUT2D eigenvalue weighted by molar-refractivity contribution is 4.78. The van der Waals surface area contributed by atoms with Crippen LogP contribution in [0, 0.1) is 5.92 Å². The Balaban J connectivity index is 1.60. The summed E-state index contributed by atoms with van der Waals surface area (Å²) in [6.07, 6.45) is 6.62. The third kappa shape index (κ3) is 5.38. The number of rotatable bonds is 6. The van der Waals surface area contributed by atoms with Crippen LogP contribution < -0.4 is 5.32 Å². The minimum Gasteiger partial charge on any atom is -0.390 e. The fourth-order valence-electron chi connectivity index (χ4n) is 3.27. The van der Waals surface area contributed by atoms with Gasteiger partial charge in [-0.3, -0.25) is 4.90 Å². The van der Waals surface area contributed by atoms with Gasteiger partial charge in [-0.05, 0) is 25.7 Å². The molecular weight excluding hydrogens is 240 g/mol. The van der Waals surface area contributed by atoms with Gasteiger partial charge in [0.15, 0.2) is 0 Å². The van der Waals surface area contributed by atoms with Crippen LogP contribution in [0.1, 0.15) is 39.0 Å². The van der Waals surface area contributed by atoms with Gasteiger partial charge in [0.1, 0.15) is 0 Å². The van der Waals surface area contributed by atoms with Gasteiger partial charge >= 0.3 is 0 Å². The molecule has 1 aliphatic carbocycles. The van der Waals surface area contributed by atoms with Gasteiger partial charge in [-0.25, -0.2) is 0 Å². The Labute approximate surface area is 117 Å². The highest BCUT2D eigenvalue weighted by Gasteiger charge is 2.21. The van der Waals surface area contributed by atoms with Crippen LogP contribution in [0.25, 0.3) is 0 Å². The molecule has 1 saturated carbocycles. The van der Waals surface area contributed by atoms with E-state index in [1.165, 1.54) is 32.1 Å². The lowest BCUT2D eigenvalue weighted by molar-refractivity contribution is 0.0141. The van der Waals surface area contributed by atoms with E-state index in [2.05, 4.69) is 17.1 Å². The molecule has 112 valence electrons. The molecule has 0 aromatic rings. The molecular formula is C15H30N2O2. The lowest BCUT2D eigenvalue weighted by Crippen LogP contribution is -2.46. The summed E-state index contributed by atoms with van der Waals surface area (Å²) in [5.74, 6) is 0.810. The summed E-state index contributed by atoms with van der Waals surface area (Å²) in [7, 11) is 0. The normalized spacial score (nSPS) is 26.2. The average Bonchev–Trinajstić information content (AvgIpc) is 2.47. The minimum atomic E-state index is -0.260. The van der Waals surface area contributed by atoms with Crippen molar-refractivity contribution in [2.75, 3.05) is 39.4 Å². The van der Waals surface area contributed by atoms with Gasteiger partial charge < -0.3 is 15.2 Å². The van der Waals surface area contributed by atoms with E-state index < -0.39 is 0 Å². The number of hydrogen-bond donors (Lipinski definition) is 2. The third-order valence-electron chi connectivity index (χ3n) is 4.61. The summed E-state index contributed by atoms with van der Waals surface area (Å²) >= 11 is 0. The Morgan fingerprint density at radius 3 is 2.58 bits per heavy atom. The second kappa shape index (κ2) is 8.20. The van der Waals surface area contributed by atoms with Crippen LogP contribution in [-0.2, 0) is 4.74 Å². The molecule has 1 aliphatic heterocycles. The second-order valence-corrected chi connectivity index (χ2v) is 6.16. The van der Waals surface area contributed by atoms with E-state index in [-0.39, 0.29) is 6.10 Å². The van der Waals surface area contributed by atoms with Crippen molar-refractivity contribution in [1.29, 1.82) is 0 Å². The summed E-state index contributed by atoms with van der Waals surface area (Å²) in [4.78, 5) is 2.29. The monoisotopic (exact) mass is 270 g/mol. The lowest BCUT2D eigenvalue weighted by atomic mass is 9.84. The SMILES string of the molecule is CC(NCC(O)CN1CCOCC1)C1CCCCC1. The van der Waals surface area contributed by atoms with Crippen LogP contribution in [0.15, 0.2) is 0 Å². The number of nitrogens with one attached hydrogen (secondary N) is 1. The van der Waals surface area contributed by atoms with Gasteiger partial charge in [0.05, 0.1) is 19.3 Å². The van der Waals surface area contributed by atoms with E-state index in [0.29, 0.717) is 6.04 Å². The molecule has 2 fully saturated rings. The first kappa shape index (κ1) is 15.2. The number of β-amino-alcohol motifs (C(OH)–C–C–N with tert-alkyl or cyclic N) is 1. The lowest BCUT2D eigenvalue weighted by Gasteiger charge is -2.31. The van der Waals surface area contributed by atoms with Gasteiger partial charge in [0, 0.05) is 32.2 Å². The number of aliphatic hydroxyl groups is 1. The molecule has 4 nitrogen and oxygen atoms in total. The Morgan fingerprint density at radius 1 is 1.21 bits per heavy atom. The fraction of sp³-hybridized carbons (Fsp3) is 1.00. The summed E-state index contributed by atoms with van der Waals surface area (Å²) in [6.45, 7) is 7.28. The quantitative estimate of drug-likeness (QED) is 0.762.